The van der Waals surface area contributed by atoms with Gasteiger partial charge in [-0.1, -0.05) is 0 Å². The molecule has 0 atom stereocenters. The maximum Gasteiger partial charge on any atom is 0.286 e. The highest BCUT2D eigenvalue weighted by atomic mass is 16.4. The van der Waals surface area contributed by atoms with Crippen LogP contribution in [-0.2, 0) is 19.4 Å². The molecule has 0 fully saturated rings. The van der Waals surface area contributed by atoms with E-state index in [-0.39, 0.29) is 5.91 Å². The second kappa shape index (κ2) is 6.90. The average Bonchev–Trinajstić information content (AvgIpc) is 3.07. The van der Waals surface area contributed by atoms with Gasteiger partial charge in [0.25, 0.3) is 5.91 Å². The summed E-state index contributed by atoms with van der Waals surface area (Å²) < 4.78 is 5.55. The molecule has 3 rings (SSSR count). The summed E-state index contributed by atoms with van der Waals surface area (Å²) in [4.78, 5) is 22.8. The maximum atomic E-state index is 11.6. The fourth-order valence-corrected chi connectivity index (χ4v) is 2.82. The molecule has 0 radical (unpaired) electrons. The first kappa shape index (κ1) is 16.3. The normalized spacial score (nSPS) is 13.3. The highest BCUT2D eigenvalue weighted by Crippen LogP contribution is 2.27. The molecule has 0 unspecified atom stereocenters. The monoisotopic (exact) mass is 329 g/mol. The van der Waals surface area contributed by atoms with Gasteiger partial charge in [-0.3, -0.25) is 4.79 Å². The van der Waals surface area contributed by atoms with Gasteiger partial charge in [-0.2, -0.15) is 4.98 Å². The third-order valence-electron chi connectivity index (χ3n) is 4.11. The van der Waals surface area contributed by atoms with Crippen LogP contribution in [0, 0.1) is 0 Å². The molecule has 0 bridgehead atoms. The molecule has 2 aromatic rings. The first-order chi connectivity index (χ1) is 11.6. The molecule has 1 amide bonds. The zero-order valence-electron chi connectivity index (χ0n) is 14.3. The zero-order chi connectivity index (χ0) is 17.1. The molecule has 0 saturated heterocycles. The molecule has 2 aromatic heterocycles. The molecule has 2 N–H and O–H groups in total. The predicted molar refractivity (Wildman–Crippen MR) is 92.4 cm³/mol. The molecule has 1 aliphatic carbocycles. The van der Waals surface area contributed by atoms with E-state index in [1.54, 1.807) is 19.2 Å². The first-order valence-electron chi connectivity index (χ1n) is 8.20. The summed E-state index contributed by atoms with van der Waals surface area (Å²) in [6.45, 7) is 0.479. The molecule has 0 spiro atoms. The van der Waals surface area contributed by atoms with Gasteiger partial charge in [-0.15, -0.1) is 0 Å². The zero-order valence-corrected chi connectivity index (χ0v) is 14.3. The van der Waals surface area contributed by atoms with E-state index >= 15 is 0 Å². The fraction of sp³-hybridized carbons (Fsp3) is 0.471. The summed E-state index contributed by atoms with van der Waals surface area (Å²) in [6, 6.07) is 3.48. The van der Waals surface area contributed by atoms with Gasteiger partial charge in [-0.25, -0.2) is 4.98 Å². The summed E-state index contributed by atoms with van der Waals surface area (Å²) in [6.07, 6.45) is 4.32. The number of hydrogen-bond donors (Lipinski definition) is 2. The number of hydrogen-bond acceptors (Lipinski definition) is 6. The summed E-state index contributed by atoms with van der Waals surface area (Å²) in [5.41, 5.74) is 2.33. The van der Waals surface area contributed by atoms with Crippen LogP contribution < -0.4 is 15.5 Å². The van der Waals surface area contributed by atoms with Gasteiger partial charge >= 0.3 is 0 Å². The van der Waals surface area contributed by atoms with Crippen molar-refractivity contribution in [1.29, 1.82) is 0 Å². The van der Waals surface area contributed by atoms with Crippen molar-refractivity contribution >= 4 is 17.7 Å². The molecular weight excluding hydrogens is 306 g/mol. The molecule has 0 saturated carbocycles. The number of nitrogens with one attached hydrogen (secondary N) is 2. The molecular formula is C17H23N5O2. The van der Waals surface area contributed by atoms with E-state index in [1.807, 2.05) is 19.0 Å². The van der Waals surface area contributed by atoms with Crippen molar-refractivity contribution < 1.29 is 9.21 Å². The molecule has 0 aliphatic heterocycles. The smallest absolute Gasteiger partial charge is 0.286 e. The highest BCUT2D eigenvalue weighted by Gasteiger charge is 2.19. The van der Waals surface area contributed by atoms with E-state index in [9.17, 15) is 4.79 Å². The summed E-state index contributed by atoms with van der Waals surface area (Å²) >= 11 is 0. The molecule has 24 heavy (non-hydrogen) atoms. The standard InChI is InChI=1S/C17H23N5O2/c1-18-16(23)14-9-8-11(24-14)10-19-15-12-6-4-5-7-13(12)20-17(21-15)22(2)3/h8-9H,4-7,10H2,1-3H3,(H,18,23)(H,19,20,21). The minimum atomic E-state index is -0.226. The number of fused-ring (bicyclic) bond motifs is 1. The second-order valence-corrected chi connectivity index (χ2v) is 6.10. The molecule has 7 nitrogen and oxygen atoms in total. The van der Waals surface area contributed by atoms with E-state index in [0.717, 1.165) is 30.8 Å². The van der Waals surface area contributed by atoms with E-state index in [4.69, 9.17) is 4.42 Å². The van der Waals surface area contributed by atoms with Gasteiger partial charge in [0, 0.05) is 26.7 Å². The Kier molecular flexibility index (Phi) is 4.69. The number of aromatic nitrogens is 2. The average molecular weight is 329 g/mol. The molecule has 2 heterocycles. The van der Waals surface area contributed by atoms with E-state index in [1.165, 1.54) is 12.0 Å². The largest absolute Gasteiger partial charge is 0.454 e. The number of nitrogens with zero attached hydrogens (tertiary/aromatic N) is 3. The van der Waals surface area contributed by atoms with Gasteiger partial charge in [0.1, 0.15) is 11.6 Å². The van der Waals surface area contributed by atoms with E-state index in [0.29, 0.717) is 24.0 Å². The van der Waals surface area contributed by atoms with Crippen LogP contribution in [0.3, 0.4) is 0 Å². The number of rotatable bonds is 5. The molecule has 1 aliphatic rings. The van der Waals surface area contributed by atoms with Crippen LogP contribution in [0.1, 0.15) is 40.4 Å². The van der Waals surface area contributed by atoms with Crippen LogP contribution >= 0.6 is 0 Å². The highest BCUT2D eigenvalue weighted by molar-refractivity contribution is 5.91. The van der Waals surface area contributed by atoms with E-state index < -0.39 is 0 Å². The molecule has 7 heteroatoms. The Balaban J connectivity index is 1.80. The lowest BCUT2D eigenvalue weighted by Gasteiger charge is -2.21. The minimum Gasteiger partial charge on any atom is -0.454 e. The minimum absolute atomic E-state index is 0.226. The number of carbonyl (C=O) groups is 1. The van der Waals surface area contributed by atoms with Crippen LogP contribution in [0.2, 0.25) is 0 Å². The lowest BCUT2D eigenvalue weighted by atomic mass is 9.96. The Hall–Kier alpha value is -2.57. The van der Waals surface area contributed by atoms with Crippen molar-refractivity contribution in [3.63, 3.8) is 0 Å². The van der Waals surface area contributed by atoms with Gasteiger partial charge < -0.3 is 20.0 Å². The van der Waals surface area contributed by atoms with Crippen molar-refractivity contribution in [3.8, 4) is 0 Å². The Morgan fingerprint density at radius 3 is 2.79 bits per heavy atom. The van der Waals surface area contributed by atoms with Gasteiger partial charge in [0.15, 0.2) is 5.76 Å². The Morgan fingerprint density at radius 2 is 2.04 bits per heavy atom. The first-order valence-corrected chi connectivity index (χ1v) is 8.20. The SMILES string of the molecule is CNC(=O)c1ccc(CNc2nc(N(C)C)nc3c2CCCC3)o1. The van der Waals surface area contributed by atoms with Crippen molar-refractivity contribution in [1.82, 2.24) is 15.3 Å². The van der Waals surface area contributed by atoms with Gasteiger partial charge in [0.05, 0.1) is 12.2 Å². The van der Waals surface area contributed by atoms with Crippen molar-refractivity contribution in [2.45, 2.75) is 32.2 Å². The van der Waals surface area contributed by atoms with Crippen LogP contribution in [0.15, 0.2) is 16.5 Å². The second-order valence-electron chi connectivity index (χ2n) is 6.10. The van der Waals surface area contributed by atoms with Crippen LogP contribution in [0.5, 0.6) is 0 Å². The van der Waals surface area contributed by atoms with Crippen molar-refractivity contribution in [3.05, 3.63) is 34.9 Å². The van der Waals surface area contributed by atoms with Gasteiger partial charge in [0.2, 0.25) is 5.95 Å². The maximum absolute atomic E-state index is 11.6. The van der Waals surface area contributed by atoms with Crippen molar-refractivity contribution in [2.24, 2.45) is 0 Å². The van der Waals surface area contributed by atoms with Crippen molar-refractivity contribution in [2.75, 3.05) is 31.4 Å². The van der Waals surface area contributed by atoms with E-state index in [2.05, 4.69) is 20.6 Å². The van der Waals surface area contributed by atoms with Crippen LogP contribution in [0.25, 0.3) is 0 Å². The fourth-order valence-electron chi connectivity index (χ4n) is 2.82. The van der Waals surface area contributed by atoms with Crippen LogP contribution in [0.4, 0.5) is 11.8 Å². The number of carbonyl (C=O) groups excluding carboxylic acids is 1. The Labute approximate surface area is 141 Å². The topological polar surface area (TPSA) is 83.3 Å². The number of anilines is 2. The summed E-state index contributed by atoms with van der Waals surface area (Å²) in [5, 5.41) is 5.90. The summed E-state index contributed by atoms with van der Waals surface area (Å²) in [7, 11) is 5.46. The molecule has 0 aromatic carbocycles. The Bertz CT molecular complexity index is 739. The number of amides is 1. The Morgan fingerprint density at radius 1 is 1.25 bits per heavy atom. The lowest BCUT2D eigenvalue weighted by Crippen LogP contribution is -2.19. The number of aryl methyl sites for hydroxylation is 1. The third-order valence-corrected chi connectivity index (χ3v) is 4.11. The quantitative estimate of drug-likeness (QED) is 0.873. The van der Waals surface area contributed by atoms with Crippen LogP contribution in [-0.4, -0.2) is 37.0 Å². The molecule has 128 valence electrons. The third kappa shape index (κ3) is 3.34. The predicted octanol–water partition coefficient (Wildman–Crippen LogP) is 1.99. The lowest BCUT2D eigenvalue weighted by molar-refractivity contribution is 0.0934. The number of furan rings is 1. The van der Waals surface area contributed by atoms with Gasteiger partial charge in [-0.05, 0) is 37.8 Å². The summed E-state index contributed by atoms with van der Waals surface area (Å²) in [5.74, 6) is 2.36.